The molecular formula is C67H34F12N4O2. The summed E-state index contributed by atoms with van der Waals surface area (Å²) in [6.07, 6.45) is -20.6. The summed E-state index contributed by atoms with van der Waals surface area (Å²) in [6, 6.07) is 50.8. The Balaban J connectivity index is 1.08. The van der Waals surface area contributed by atoms with Gasteiger partial charge in [0.1, 0.15) is 6.07 Å². The van der Waals surface area contributed by atoms with Gasteiger partial charge in [-0.1, -0.05) is 121 Å². The molecule has 1 aliphatic rings. The van der Waals surface area contributed by atoms with E-state index in [2.05, 4.69) is 6.07 Å². The number of aromatic nitrogens is 2. The predicted molar refractivity (Wildman–Crippen MR) is 299 cm³/mol. The lowest BCUT2D eigenvalue weighted by Crippen LogP contribution is -2.30. The third-order valence-corrected chi connectivity index (χ3v) is 15.4. The first-order chi connectivity index (χ1) is 40.5. The maximum Gasteiger partial charge on any atom is 0.417 e. The molecule has 0 unspecified atom stereocenters. The molecule has 85 heavy (non-hydrogen) atoms. The van der Waals surface area contributed by atoms with Crippen molar-refractivity contribution in [3.05, 3.63) is 245 Å². The van der Waals surface area contributed by atoms with Gasteiger partial charge in [0.25, 0.3) is 11.8 Å². The van der Waals surface area contributed by atoms with Crippen molar-refractivity contribution in [2.45, 2.75) is 24.7 Å². The lowest BCUT2D eigenvalue weighted by molar-refractivity contribution is -0.144. The maximum absolute atomic E-state index is 15.4. The average molecular weight is 1160 g/mol. The predicted octanol–water partition coefficient (Wildman–Crippen LogP) is 19.3. The Bertz CT molecular complexity index is 4850. The van der Waals surface area contributed by atoms with Crippen LogP contribution < -0.4 is 4.90 Å². The van der Waals surface area contributed by atoms with E-state index in [0.29, 0.717) is 66.9 Å². The molecular weight excluding hydrogens is 1120 g/mol. The molecule has 0 aliphatic carbocycles. The summed E-state index contributed by atoms with van der Waals surface area (Å²) in [6.45, 7) is 0. The molecule has 6 nitrogen and oxygen atoms in total. The smallest absolute Gasteiger partial charge is 0.309 e. The number of alkyl halides is 12. The molecule has 0 saturated heterocycles. The van der Waals surface area contributed by atoms with E-state index in [0.717, 1.165) is 17.0 Å². The van der Waals surface area contributed by atoms with Gasteiger partial charge in [-0.3, -0.25) is 9.59 Å². The highest BCUT2D eigenvalue weighted by Gasteiger charge is 2.42. The fourth-order valence-electron chi connectivity index (χ4n) is 11.7. The number of para-hydroxylation sites is 3. The number of amides is 2. The molecule has 0 bridgehead atoms. The number of fused-ring (bicyclic) bond motifs is 7. The molecule has 0 saturated carbocycles. The molecule has 1 aliphatic heterocycles. The second-order valence-electron chi connectivity index (χ2n) is 20.2. The van der Waals surface area contributed by atoms with E-state index in [9.17, 15) is 62.7 Å². The number of imide groups is 1. The molecule has 418 valence electrons. The van der Waals surface area contributed by atoms with Crippen LogP contribution in [0.1, 0.15) is 48.5 Å². The van der Waals surface area contributed by atoms with Crippen molar-refractivity contribution in [1.82, 2.24) is 9.13 Å². The van der Waals surface area contributed by atoms with Crippen molar-refractivity contribution in [3.63, 3.8) is 0 Å². The van der Waals surface area contributed by atoms with Crippen LogP contribution in [0.3, 0.4) is 0 Å². The Hall–Kier alpha value is -10.4. The number of nitrogens with zero attached hydrogens (tertiary/aromatic N) is 4. The van der Waals surface area contributed by atoms with Crippen LogP contribution in [0, 0.1) is 11.3 Å². The highest BCUT2D eigenvalue weighted by molar-refractivity contribution is 6.37. The number of halogens is 12. The number of hydrogen-bond acceptors (Lipinski definition) is 3. The van der Waals surface area contributed by atoms with Crippen LogP contribution in [0.4, 0.5) is 58.4 Å². The van der Waals surface area contributed by atoms with E-state index < -0.39 is 69.9 Å². The van der Waals surface area contributed by atoms with E-state index >= 15 is 4.79 Å². The van der Waals surface area contributed by atoms with E-state index in [4.69, 9.17) is 0 Å². The molecule has 12 aromatic rings. The highest BCUT2D eigenvalue weighted by Crippen LogP contribution is 2.48. The van der Waals surface area contributed by atoms with Gasteiger partial charge in [-0.15, -0.1) is 0 Å². The summed E-state index contributed by atoms with van der Waals surface area (Å²) in [4.78, 5) is 31.4. The summed E-state index contributed by atoms with van der Waals surface area (Å²) < 4.78 is 174. The molecule has 13 rings (SSSR count). The SMILES string of the molecule is N#Cc1cc(-n2c3ccccc3c3cc(-c4ccc(C(F)(F)F)cc4C(F)(F)F)ccc32)c(-c2cccc3c2C(=O)N(c2ccccc2-c2ccccc2)C3=O)cc1-n1c2ccccc2c2cc(-c3ccc(C(F)(F)F)cc3C(F)(F)F)ccc21. The lowest BCUT2D eigenvalue weighted by atomic mass is 9.93. The largest absolute Gasteiger partial charge is 0.417 e. The minimum absolute atomic E-state index is 0.0111. The van der Waals surface area contributed by atoms with Crippen molar-refractivity contribution in [3.8, 4) is 62.0 Å². The fourth-order valence-corrected chi connectivity index (χ4v) is 11.7. The van der Waals surface area contributed by atoms with Gasteiger partial charge >= 0.3 is 24.7 Å². The van der Waals surface area contributed by atoms with Crippen LogP contribution in [0.5, 0.6) is 0 Å². The van der Waals surface area contributed by atoms with Crippen molar-refractivity contribution < 1.29 is 62.3 Å². The minimum atomic E-state index is -5.21. The molecule has 18 heteroatoms. The molecule has 10 aromatic carbocycles. The van der Waals surface area contributed by atoms with E-state index in [1.165, 1.54) is 48.5 Å². The van der Waals surface area contributed by atoms with Crippen molar-refractivity contribution >= 4 is 61.1 Å². The number of nitriles is 1. The first-order valence-corrected chi connectivity index (χ1v) is 25.9. The standard InChI is InChI=1S/C67H34F12N4O2/c68-64(69,70)40-23-25-42(52(32-40)66(74,75)76)37-21-27-57-49(29-37)45-14-5-8-19-55(45)81(57)59-34-51(47-16-10-17-48-61(47)63(85)83(62(48)84)54-18-7-4-13-44(54)36-11-2-1-3-12-36)60(31-39(59)35-80)82-56-20-9-6-15-46(56)50-30-38(22-28-58(50)82)43-26-24-41(65(71,72)73)33-53(43)67(77,78)79/h1-34H. The molecule has 2 aromatic heterocycles. The first kappa shape index (κ1) is 53.9. The Morgan fingerprint density at radius 2 is 0.800 bits per heavy atom. The third kappa shape index (κ3) is 8.84. The van der Waals surface area contributed by atoms with Gasteiger partial charge in [-0.2, -0.15) is 57.9 Å². The first-order valence-electron chi connectivity index (χ1n) is 25.9. The second-order valence-corrected chi connectivity index (χ2v) is 20.2. The van der Waals surface area contributed by atoms with E-state index in [1.54, 1.807) is 112 Å². The summed E-state index contributed by atoms with van der Waals surface area (Å²) in [7, 11) is 0. The molecule has 0 fully saturated rings. The maximum atomic E-state index is 15.4. The Morgan fingerprint density at radius 1 is 0.329 bits per heavy atom. The zero-order chi connectivity index (χ0) is 59.6. The second kappa shape index (κ2) is 19.3. The quantitative estimate of drug-likeness (QED) is 0.118. The van der Waals surface area contributed by atoms with Gasteiger partial charge < -0.3 is 9.13 Å². The number of hydrogen-bond donors (Lipinski definition) is 0. The highest BCUT2D eigenvalue weighted by atomic mass is 19.4. The van der Waals surface area contributed by atoms with Crippen molar-refractivity contribution in [1.29, 1.82) is 5.26 Å². The van der Waals surface area contributed by atoms with Gasteiger partial charge in [-0.25, -0.2) is 4.90 Å². The number of benzene rings is 10. The zero-order valence-corrected chi connectivity index (χ0v) is 43.3. The third-order valence-electron chi connectivity index (χ3n) is 15.4. The Morgan fingerprint density at radius 3 is 1.33 bits per heavy atom. The lowest BCUT2D eigenvalue weighted by Gasteiger charge is -2.21. The van der Waals surface area contributed by atoms with Crippen LogP contribution in [-0.4, -0.2) is 20.9 Å². The number of anilines is 1. The van der Waals surface area contributed by atoms with Crippen LogP contribution in [0.25, 0.3) is 99.5 Å². The molecule has 2 amide bonds. The average Bonchev–Trinajstić information content (AvgIpc) is 2.88. The van der Waals surface area contributed by atoms with Gasteiger partial charge in [0.05, 0.1) is 78.1 Å². The van der Waals surface area contributed by atoms with E-state index in [-0.39, 0.29) is 68.1 Å². The molecule has 0 atom stereocenters. The number of carbonyl (C=O) groups is 2. The summed E-state index contributed by atoms with van der Waals surface area (Å²) in [5.41, 5.74) is -3.45. The topological polar surface area (TPSA) is 71.0 Å². The van der Waals surface area contributed by atoms with Gasteiger partial charge in [0, 0.05) is 32.7 Å². The monoisotopic (exact) mass is 1150 g/mol. The summed E-state index contributed by atoms with van der Waals surface area (Å²) >= 11 is 0. The molecule has 0 N–H and O–H groups in total. The molecule has 0 radical (unpaired) electrons. The van der Waals surface area contributed by atoms with Gasteiger partial charge in [0.2, 0.25) is 0 Å². The summed E-state index contributed by atoms with van der Waals surface area (Å²) in [5, 5.41) is 13.0. The number of rotatable bonds is 7. The van der Waals surface area contributed by atoms with Crippen LogP contribution >= 0.6 is 0 Å². The van der Waals surface area contributed by atoms with E-state index in [1.807, 2.05) is 18.2 Å². The zero-order valence-electron chi connectivity index (χ0n) is 43.3. The molecule has 3 heterocycles. The van der Waals surface area contributed by atoms with Crippen LogP contribution in [0.2, 0.25) is 0 Å². The summed E-state index contributed by atoms with van der Waals surface area (Å²) in [5.74, 6) is -1.38. The molecule has 0 spiro atoms. The van der Waals surface area contributed by atoms with Gasteiger partial charge in [-0.05, 0) is 118 Å². The Kier molecular flexibility index (Phi) is 12.3. The van der Waals surface area contributed by atoms with Crippen LogP contribution in [-0.2, 0) is 24.7 Å². The van der Waals surface area contributed by atoms with Gasteiger partial charge in [0.15, 0.2) is 0 Å². The van der Waals surface area contributed by atoms with Crippen molar-refractivity contribution in [2.75, 3.05) is 4.90 Å². The fraction of sp³-hybridized carbons (Fsp3) is 0.0597. The Labute approximate surface area is 472 Å². The minimum Gasteiger partial charge on any atom is -0.309 e. The number of carbonyl (C=O) groups excluding carboxylic acids is 2. The van der Waals surface area contributed by atoms with Crippen LogP contribution in [0.15, 0.2) is 206 Å². The van der Waals surface area contributed by atoms with Crippen molar-refractivity contribution in [2.24, 2.45) is 0 Å². The normalized spacial score (nSPS) is 13.2.